The van der Waals surface area contributed by atoms with Crippen LogP contribution < -0.4 is 10.2 Å². The molecule has 0 bridgehead atoms. The predicted octanol–water partition coefficient (Wildman–Crippen LogP) is 2.14. The number of hydrogen-bond donors (Lipinski definition) is 1. The van der Waals surface area contributed by atoms with Gasteiger partial charge in [0.05, 0.1) is 5.00 Å². The molecular weight excluding hydrogens is 412 g/mol. The van der Waals surface area contributed by atoms with Gasteiger partial charge in [0.2, 0.25) is 11.8 Å². The van der Waals surface area contributed by atoms with Crippen LogP contribution in [0.2, 0.25) is 0 Å². The van der Waals surface area contributed by atoms with Crippen molar-refractivity contribution in [1.29, 1.82) is 0 Å². The average molecular weight is 439 g/mol. The van der Waals surface area contributed by atoms with Gasteiger partial charge in [0.1, 0.15) is 6.04 Å². The summed E-state index contributed by atoms with van der Waals surface area (Å²) in [5.41, 5.74) is 4.19. The van der Waals surface area contributed by atoms with Crippen molar-refractivity contribution in [2.24, 2.45) is 0 Å². The molecule has 7 nitrogen and oxygen atoms in total. The van der Waals surface area contributed by atoms with E-state index in [0.29, 0.717) is 18.5 Å². The average Bonchev–Trinajstić information content (AvgIpc) is 3.32. The lowest BCUT2D eigenvalue weighted by Gasteiger charge is -2.35. The van der Waals surface area contributed by atoms with E-state index in [2.05, 4.69) is 39.6 Å². The van der Waals surface area contributed by atoms with Gasteiger partial charge in [-0.15, -0.1) is 11.3 Å². The van der Waals surface area contributed by atoms with Crippen LogP contribution >= 0.6 is 11.3 Å². The Hall–Kier alpha value is -2.71. The van der Waals surface area contributed by atoms with E-state index in [1.54, 1.807) is 4.90 Å². The largest absolute Gasteiger partial charge is 0.361 e. The van der Waals surface area contributed by atoms with Crippen LogP contribution in [0, 0.1) is 6.92 Å². The standard InChI is InChI=1S/C23H26N4O3S/c1-15-6-11-31-23(15)26-9-7-25(8-10-26)13-16-2-3-18-17(12-16)14-27(22(18)30)19-4-5-20(28)24-21(19)29/h2-3,6,11-12,19H,4-5,7-10,13-14H2,1H3,(H,24,28,29). The fourth-order valence-corrected chi connectivity index (χ4v) is 5.77. The van der Waals surface area contributed by atoms with Crippen molar-refractivity contribution in [3.63, 3.8) is 0 Å². The van der Waals surface area contributed by atoms with E-state index in [4.69, 9.17) is 0 Å². The molecular formula is C23H26N4O3S. The molecule has 1 unspecified atom stereocenters. The number of thiophene rings is 1. The fourth-order valence-electron chi connectivity index (χ4n) is 4.78. The van der Waals surface area contributed by atoms with Gasteiger partial charge >= 0.3 is 0 Å². The monoisotopic (exact) mass is 438 g/mol. The molecule has 8 heteroatoms. The lowest BCUT2D eigenvalue weighted by atomic mass is 10.0. The van der Waals surface area contributed by atoms with E-state index >= 15 is 0 Å². The molecule has 2 saturated heterocycles. The number of nitrogens with zero attached hydrogens (tertiary/aromatic N) is 3. The maximum atomic E-state index is 12.8. The number of rotatable bonds is 4. The highest BCUT2D eigenvalue weighted by Gasteiger charge is 2.39. The van der Waals surface area contributed by atoms with Gasteiger partial charge in [-0.25, -0.2) is 0 Å². The molecule has 1 aromatic carbocycles. The zero-order valence-electron chi connectivity index (χ0n) is 17.6. The molecule has 1 atom stereocenters. The van der Waals surface area contributed by atoms with Crippen LogP contribution in [0.1, 0.15) is 39.9 Å². The van der Waals surface area contributed by atoms with Crippen LogP contribution in [-0.2, 0) is 22.7 Å². The maximum Gasteiger partial charge on any atom is 0.255 e. The molecule has 2 aromatic rings. The third kappa shape index (κ3) is 3.85. The van der Waals surface area contributed by atoms with E-state index in [0.717, 1.165) is 38.3 Å². The van der Waals surface area contributed by atoms with Gasteiger partial charge in [-0.1, -0.05) is 12.1 Å². The SMILES string of the molecule is Cc1ccsc1N1CCN(Cc2ccc3c(c2)CN(C2CCC(=O)NC2=O)C3=O)CC1. The summed E-state index contributed by atoms with van der Waals surface area (Å²) >= 11 is 1.81. The quantitative estimate of drug-likeness (QED) is 0.741. The molecule has 3 aliphatic rings. The zero-order valence-corrected chi connectivity index (χ0v) is 18.4. The Bertz CT molecular complexity index is 1040. The number of aryl methyl sites for hydroxylation is 1. The minimum absolute atomic E-state index is 0.115. The predicted molar refractivity (Wildman–Crippen MR) is 119 cm³/mol. The minimum Gasteiger partial charge on any atom is -0.361 e. The van der Waals surface area contributed by atoms with Crippen molar-refractivity contribution < 1.29 is 14.4 Å². The number of piperazine rings is 1. The Balaban J connectivity index is 1.22. The van der Waals surface area contributed by atoms with Gasteiger partial charge in [-0.3, -0.25) is 24.6 Å². The van der Waals surface area contributed by atoms with Crippen LogP contribution in [0.3, 0.4) is 0 Å². The first-order chi connectivity index (χ1) is 15.0. The van der Waals surface area contributed by atoms with Crippen molar-refractivity contribution in [3.05, 3.63) is 51.9 Å². The number of fused-ring (bicyclic) bond motifs is 1. The highest BCUT2D eigenvalue weighted by molar-refractivity contribution is 7.14. The summed E-state index contributed by atoms with van der Waals surface area (Å²) in [5, 5.41) is 5.89. The maximum absolute atomic E-state index is 12.8. The molecule has 4 heterocycles. The molecule has 5 rings (SSSR count). The second-order valence-corrected chi connectivity index (χ2v) is 9.46. The number of piperidine rings is 1. The molecule has 162 valence electrons. The lowest BCUT2D eigenvalue weighted by molar-refractivity contribution is -0.136. The van der Waals surface area contributed by atoms with Crippen molar-refractivity contribution in [2.45, 2.75) is 38.9 Å². The molecule has 3 aliphatic heterocycles. The Morgan fingerprint density at radius 3 is 2.61 bits per heavy atom. The van der Waals surface area contributed by atoms with Gasteiger partial charge in [-0.2, -0.15) is 0 Å². The molecule has 0 saturated carbocycles. The second kappa shape index (κ2) is 8.09. The van der Waals surface area contributed by atoms with Gasteiger partial charge in [0, 0.05) is 51.3 Å². The first-order valence-corrected chi connectivity index (χ1v) is 11.7. The number of carbonyl (C=O) groups is 3. The molecule has 0 aliphatic carbocycles. The lowest BCUT2D eigenvalue weighted by Crippen LogP contribution is -2.52. The molecule has 1 aromatic heterocycles. The third-order valence-corrected chi connectivity index (χ3v) is 7.56. The Labute approximate surface area is 185 Å². The smallest absolute Gasteiger partial charge is 0.255 e. The van der Waals surface area contributed by atoms with E-state index in [-0.39, 0.29) is 24.1 Å². The Morgan fingerprint density at radius 2 is 1.90 bits per heavy atom. The number of benzene rings is 1. The number of hydrogen-bond acceptors (Lipinski definition) is 6. The topological polar surface area (TPSA) is 73.0 Å². The number of anilines is 1. The van der Waals surface area contributed by atoms with Gasteiger partial charge in [-0.05, 0) is 47.5 Å². The summed E-state index contributed by atoms with van der Waals surface area (Å²) in [6.45, 7) is 7.52. The number of nitrogens with one attached hydrogen (secondary N) is 1. The normalized spacial score (nSPS) is 22.1. The van der Waals surface area contributed by atoms with Gasteiger partial charge < -0.3 is 9.80 Å². The van der Waals surface area contributed by atoms with Crippen LogP contribution in [0.15, 0.2) is 29.6 Å². The molecule has 0 radical (unpaired) electrons. The van der Waals surface area contributed by atoms with Crippen LogP contribution in [-0.4, -0.2) is 59.7 Å². The number of carbonyl (C=O) groups excluding carboxylic acids is 3. The minimum atomic E-state index is -0.560. The van der Waals surface area contributed by atoms with Gasteiger partial charge in [0.25, 0.3) is 5.91 Å². The summed E-state index contributed by atoms with van der Waals surface area (Å²) in [7, 11) is 0. The van der Waals surface area contributed by atoms with E-state index in [9.17, 15) is 14.4 Å². The van der Waals surface area contributed by atoms with Crippen LogP contribution in [0.5, 0.6) is 0 Å². The fraction of sp³-hybridized carbons (Fsp3) is 0.435. The Morgan fingerprint density at radius 1 is 1.10 bits per heavy atom. The summed E-state index contributed by atoms with van der Waals surface area (Å²) in [6, 6.07) is 7.64. The molecule has 2 fully saturated rings. The van der Waals surface area contributed by atoms with Gasteiger partial charge in [0.15, 0.2) is 0 Å². The molecule has 3 amide bonds. The highest BCUT2D eigenvalue weighted by Crippen LogP contribution is 2.30. The zero-order chi connectivity index (χ0) is 21.5. The number of imide groups is 1. The second-order valence-electron chi connectivity index (χ2n) is 8.56. The molecule has 31 heavy (non-hydrogen) atoms. The molecule has 0 spiro atoms. The first-order valence-electron chi connectivity index (χ1n) is 10.8. The summed E-state index contributed by atoms with van der Waals surface area (Å²) in [6.07, 6.45) is 0.671. The van der Waals surface area contributed by atoms with Crippen molar-refractivity contribution in [1.82, 2.24) is 15.1 Å². The van der Waals surface area contributed by atoms with Crippen molar-refractivity contribution >= 4 is 34.1 Å². The Kier molecular flexibility index (Phi) is 5.27. The van der Waals surface area contributed by atoms with Crippen LogP contribution in [0.4, 0.5) is 5.00 Å². The van der Waals surface area contributed by atoms with Crippen molar-refractivity contribution in [2.75, 3.05) is 31.1 Å². The van der Waals surface area contributed by atoms with Crippen molar-refractivity contribution in [3.8, 4) is 0 Å². The van der Waals surface area contributed by atoms with E-state index in [1.807, 2.05) is 23.5 Å². The molecule has 1 N–H and O–H groups in total. The summed E-state index contributed by atoms with van der Waals surface area (Å²) in [4.78, 5) is 43.0. The summed E-state index contributed by atoms with van der Waals surface area (Å²) < 4.78 is 0. The third-order valence-electron chi connectivity index (χ3n) is 6.49. The number of amides is 3. The highest BCUT2D eigenvalue weighted by atomic mass is 32.1. The van der Waals surface area contributed by atoms with E-state index in [1.165, 1.54) is 16.1 Å². The summed E-state index contributed by atoms with van der Waals surface area (Å²) in [5.74, 6) is -0.741. The first kappa shape index (κ1) is 20.2. The van der Waals surface area contributed by atoms with Crippen LogP contribution in [0.25, 0.3) is 0 Å². The van der Waals surface area contributed by atoms with E-state index < -0.39 is 6.04 Å².